The highest BCUT2D eigenvalue weighted by molar-refractivity contribution is 6.57. The standard InChI is InChI=1S/C15H28Cl2O2/c1-3-5-7-8-9-10-11-12-15(16,17)14(18)19-13-6-4-2/h3-13H2,1-2H3. The fourth-order valence-electron chi connectivity index (χ4n) is 1.82. The van der Waals surface area contributed by atoms with Gasteiger partial charge in [0.25, 0.3) is 0 Å². The Morgan fingerprint density at radius 2 is 1.42 bits per heavy atom. The van der Waals surface area contributed by atoms with Gasteiger partial charge in [-0.2, -0.15) is 0 Å². The topological polar surface area (TPSA) is 26.3 Å². The van der Waals surface area contributed by atoms with Crippen LogP contribution < -0.4 is 0 Å². The Kier molecular flexibility index (Phi) is 11.9. The quantitative estimate of drug-likeness (QED) is 0.265. The lowest BCUT2D eigenvalue weighted by Crippen LogP contribution is -2.28. The number of ether oxygens (including phenoxy) is 1. The molecule has 0 atom stereocenters. The molecule has 114 valence electrons. The zero-order chi connectivity index (χ0) is 14.6. The van der Waals surface area contributed by atoms with Crippen molar-refractivity contribution in [3.05, 3.63) is 0 Å². The first-order valence-electron chi connectivity index (χ1n) is 7.59. The number of halogens is 2. The summed E-state index contributed by atoms with van der Waals surface area (Å²) >= 11 is 12.0. The van der Waals surface area contributed by atoms with Crippen LogP contribution in [0.1, 0.15) is 78.1 Å². The minimum absolute atomic E-state index is 0.410. The number of unbranched alkanes of at least 4 members (excludes halogenated alkanes) is 7. The highest BCUT2D eigenvalue weighted by Gasteiger charge is 2.34. The molecular weight excluding hydrogens is 283 g/mol. The van der Waals surface area contributed by atoms with Gasteiger partial charge in [-0.15, -0.1) is 0 Å². The molecule has 0 saturated heterocycles. The number of alkyl halides is 2. The smallest absolute Gasteiger partial charge is 0.342 e. The molecule has 0 spiro atoms. The van der Waals surface area contributed by atoms with Crippen LogP contribution in [0.5, 0.6) is 0 Å². The third kappa shape index (κ3) is 10.5. The van der Waals surface area contributed by atoms with Gasteiger partial charge in [-0.3, -0.25) is 0 Å². The summed E-state index contributed by atoms with van der Waals surface area (Å²) in [5, 5.41) is 0. The van der Waals surface area contributed by atoms with E-state index in [1.165, 1.54) is 32.1 Å². The molecular formula is C15H28Cl2O2. The molecule has 0 aliphatic rings. The Morgan fingerprint density at radius 3 is 2.00 bits per heavy atom. The fourth-order valence-corrected chi connectivity index (χ4v) is 2.20. The highest BCUT2D eigenvalue weighted by Crippen LogP contribution is 2.29. The molecule has 0 fully saturated rings. The van der Waals surface area contributed by atoms with Crippen molar-refractivity contribution in [3.8, 4) is 0 Å². The van der Waals surface area contributed by atoms with E-state index in [4.69, 9.17) is 27.9 Å². The molecule has 0 bridgehead atoms. The van der Waals surface area contributed by atoms with Gasteiger partial charge in [0.2, 0.25) is 4.33 Å². The summed E-state index contributed by atoms with van der Waals surface area (Å²) in [5.74, 6) is -0.490. The molecule has 4 heteroatoms. The number of hydrogen-bond acceptors (Lipinski definition) is 2. The Hall–Kier alpha value is 0.0500. The number of esters is 1. The average molecular weight is 311 g/mol. The molecule has 0 aliphatic heterocycles. The van der Waals surface area contributed by atoms with Gasteiger partial charge >= 0.3 is 5.97 Å². The van der Waals surface area contributed by atoms with Gasteiger partial charge in [0.1, 0.15) is 0 Å². The Morgan fingerprint density at radius 1 is 0.895 bits per heavy atom. The maximum Gasteiger partial charge on any atom is 0.342 e. The monoisotopic (exact) mass is 310 g/mol. The molecule has 0 rings (SSSR count). The molecule has 0 aromatic carbocycles. The summed E-state index contributed by atoms with van der Waals surface area (Å²) in [6.45, 7) is 4.66. The molecule has 0 aromatic heterocycles. The van der Waals surface area contributed by atoms with Crippen molar-refractivity contribution in [1.82, 2.24) is 0 Å². The van der Waals surface area contributed by atoms with Crippen LogP contribution in [0, 0.1) is 0 Å². The van der Waals surface area contributed by atoms with E-state index in [0.29, 0.717) is 13.0 Å². The lowest BCUT2D eigenvalue weighted by molar-refractivity contribution is -0.144. The van der Waals surface area contributed by atoms with Gasteiger partial charge in [0.15, 0.2) is 0 Å². The Balaban J connectivity index is 3.62. The molecule has 0 saturated carbocycles. The third-order valence-corrected chi connectivity index (χ3v) is 3.81. The number of rotatable bonds is 12. The van der Waals surface area contributed by atoms with Crippen LogP contribution in [-0.2, 0) is 9.53 Å². The Bertz CT molecular complexity index is 230. The van der Waals surface area contributed by atoms with Crippen LogP contribution in [0.2, 0.25) is 0 Å². The summed E-state index contributed by atoms with van der Waals surface area (Å²) in [6, 6.07) is 0. The van der Waals surface area contributed by atoms with Crippen molar-refractivity contribution in [2.75, 3.05) is 6.61 Å². The van der Waals surface area contributed by atoms with Crippen molar-refractivity contribution in [2.45, 2.75) is 82.4 Å². The van der Waals surface area contributed by atoms with Crippen LogP contribution in [0.25, 0.3) is 0 Å². The molecule has 19 heavy (non-hydrogen) atoms. The van der Waals surface area contributed by atoms with Gasteiger partial charge in [-0.1, -0.05) is 82.0 Å². The second-order valence-electron chi connectivity index (χ2n) is 5.07. The summed E-state index contributed by atoms with van der Waals surface area (Å²) in [6.07, 6.45) is 10.6. The van der Waals surface area contributed by atoms with Gasteiger partial charge in [-0.25, -0.2) is 4.79 Å². The maximum atomic E-state index is 11.7. The first-order chi connectivity index (χ1) is 9.04. The maximum absolute atomic E-state index is 11.7. The van der Waals surface area contributed by atoms with E-state index in [9.17, 15) is 4.79 Å². The van der Waals surface area contributed by atoms with Crippen molar-refractivity contribution in [1.29, 1.82) is 0 Å². The zero-order valence-electron chi connectivity index (χ0n) is 12.4. The summed E-state index contributed by atoms with van der Waals surface area (Å²) < 4.78 is 3.69. The van der Waals surface area contributed by atoms with Gasteiger partial charge < -0.3 is 4.74 Å². The van der Waals surface area contributed by atoms with Gasteiger partial charge in [-0.05, 0) is 19.3 Å². The molecule has 0 amide bonds. The van der Waals surface area contributed by atoms with E-state index in [2.05, 4.69) is 6.92 Å². The SMILES string of the molecule is CCCCCCCCCC(Cl)(Cl)C(=O)OCCCC. The first-order valence-corrected chi connectivity index (χ1v) is 8.35. The van der Waals surface area contributed by atoms with E-state index in [0.717, 1.165) is 25.7 Å². The summed E-state index contributed by atoms with van der Waals surface area (Å²) in [4.78, 5) is 11.7. The van der Waals surface area contributed by atoms with E-state index in [-0.39, 0.29) is 0 Å². The van der Waals surface area contributed by atoms with Crippen LogP contribution >= 0.6 is 23.2 Å². The van der Waals surface area contributed by atoms with Crippen molar-refractivity contribution in [3.63, 3.8) is 0 Å². The summed E-state index contributed by atoms with van der Waals surface area (Å²) in [5.41, 5.74) is 0. The average Bonchev–Trinajstić information content (AvgIpc) is 2.37. The summed E-state index contributed by atoms with van der Waals surface area (Å²) in [7, 11) is 0. The minimum Gasteiger partial charge on any atom is -0.463 e. The van der Waals surface area contributed by atoms with E-state index >= 15 is 0 Å². The molecule has 0 heterocycles. The van der Waals surface area contributed by atoms with Gasteiger partial charge in [0.05, 0.1) is 6.61 Å². The molecule has 0 aromatic rings. The largest absolute Gasteiger partial charge is 0.463 e. The van der Waals surface area contributed by atoms with E-state index in [1.807, 2.05) is 6.92 Å². The van der Waals surface area contributed by atoms with Crippen molar-refractivity contribution in [2.24, 2.45) is 0 Å². The lowest BCUT2D eigenvalue weighted by Gasteiger charge is -2.17. The normalized spacial score (nSPS) is 11.6. The molecule has 0 radical (unpaired) electrons. The third-order valence-electron chi connectivity index (χ3n) is 3.12. The zero-order valence-corrected chi connectivity index (χ0v) is 13.9. The molecule has 2 nitrogen and oxygen atoms in total. The van der Waals surface area contributed by atoms with E-state index in [1.54, 1.807) is 0 Å². The van der Waals surface area contributed by atoms with Crippen molar-refractivity contribution >= 4 is 29.2 Å². The number of carbonyl (C=O) groups is 1. The second kappa shape index (κ2) is 11.8. The lowest BCUT2D eigenvalue weighted by atomic mass is 10.1. The highest BCUT2D eigenvalue weighted by atomic mass is 35.5. The number of hydrogen-bond donors (Lipinski definition) is 0. The van der Waals surface area contributed by atoms with Crippen molar-refractivity contribution < 1.29 is 9.53 Å². The van der Waals surface area contributed by atoms with Crippen LogP contribution in [0.3, 0.4) is 0 Å². The molecule has 0 unspecified atom stereocenters. The van der Waals surface area contributed by atoms with Gasteiger partial charge in [0, 0.05) is 0 Å². The molecule has 0 aliphatic carbocycles. The van der Waals surface area contributed by atoms with Crippen LogP contribution in [0.15, 0.2) is 0 Å². The fraction of sp³-hybridized carbons (Fsp3) is 0.933. The van der Waals surface area contributed by atoms with Crippen LogP contribution in [0.4, 0.5) is 0 Å². The minimum atomic E-state index is -1.36. The molecule has 0 N–H and O–H groups in total. The Labute approximate surface area is 128 Å². The second-order valence-corrected chi connectivity index (χ2v) is 6.55. The van der Waals surface area contributed by atoms with Crippen LogP contribution in [-0.4, -0.2) is 16.9 Å². The predicted molar refractivity (Wildman–Crippen MR) is 82.9 cm³/mol. The van der Waals surface area contributed by atoms with E-state index < -0.39 is 10.3 Å². The first kappa shape index (κ1) is 19.1. The number of carbonyl (C=O) groups excluding carboxylic acids is 1. The predicted octanol–water partition coefficient (Wildman–Crippen LogP) is 5.64.